The summed E-state index contributed by atoms with van der Waals surface area (Å²) in [6.07, 6.45) is 2.23. The SMILES string of the molecule is CC(C)S.Clc1ncnc(Cl)n1.Cn1cc([N+](=O)[O-])c([N+](=O)[O-])n1. The fraction of sp³-hybridized carbons (Fsp3) is 0.400. The van der Waals surface area contributed by atoms with Gasteiger partial charge in [0, 0.05) is 0 Å². The van der Waals surface area contributed by atoms with Crippen molar-refractivity contribution in [3.63, 3.8) is 0 Å². The third-order valence-electron chi connectivity index (χ3n) is 1.67. The van der Waals surface area contributed by atoms with Crippen LogP contribution in [-0.4, -0.2) is 39.8 Å². The first-order chi connectivity index (χ1) is 11.0. The lowest BCUT2D eigenvalue weighted by Crippen LogP contribution is -1.94. The van der Waals surface area contributed by atoms with Crippen LogP contribution in [0.5, 0.6) is 0 Å². The maximum absolute atomic E-state index is 10.2. The molecular weight excluding hydrogens is 385 g/mol. The van der Waals surface area contributed by atoms with Crippen LogP contribution in [0.25, 0.3) is 0 Å². The Balaban J connectivity index is 0.000000379. The minimum atomic E-state index is -0.891. The van der Waals surface area contributed by atoms with Crippen LogP contribution in [0.1, 0.15) is 13.8 Å². The number of nitrogens with zero attached hydrogens (tertiary/aromatic N) is 7. The van der Waals surface area contributed by atoms with E-state index in [0.717, 1.165) is 10.9 Å². The molecule has 0 amide bonds. The zero-order valence-electron chi connectivity index (χ0n) is 12.7. The molecule has 0 aromatic carbocycles. The predicted molar refractivity (Wildman–Crippen MR) is 90.5 cm³/mol. The predicted octanol–water partition coefficient (Wildman–Crippen LogP) is 2.74. The van der Waals surface area contributed by atoms with Crippen LogP contribution < -0.4 is 0 Å². The largest absolute Gasteiger partial charge is 0.467 e. The molecule has 2 aromatic heterocycles. The van der Waals surface area contributed by atoms with Crippen molar-refractivity contribution in [2.75, 3.05) is 0 Å². The molecule has 2 rings (SSSR count). The molecule has 132 valence electrons. The molecule has 14 heteroatoms. The summed E-state index contributed by atoms with van der Waals surface area (Å²) in [6, 6.07) is 0. The maximum Gasteiger partial charge on any atom is 0.467 e. The van der Waals surface area contributed by atoms with Gasteiger partial charge in [0.1, 0.15) is 12.5 Å². The fourth-order valence-electron chi connectivity index (χ4n) is 0.981. The lowest BCUT2D eigenvalue weighted by atomic mass is 10.5. The second kappa shape index (κ2) is 10.7. The second-order valence-electron chi connectivity index (χ2n) is 4.14. The van der Waals surface area contributed by atoms with Crippen molar-refractivity contribution in [1.82, 2.24) is 24.7 Å². The van der Waals surface area contributed by atoms with E-state index in [0.29, 0.717) is 5.25 Å². The van der Waals surface area contributed by atoms with Gasteiger partial charge in [-0.1, -0.05) is 13.8 Å². The standard InChI is InChI=1S/C4H4N4O4.C3HCl2N3.C3H8S/c1-6-2-3(7(9)10)4(5-6)8(11)12;4-2-6-1-7-3(5)8-2;1-3(2)4/h2H,1H3;1H;3-4H,1-2H3. The topological polar surface area (TPSA) is 143 Å². The zero-order valence-corrected chi connectivity index (χ0v) is 15.1. The molecule has 0 bridgehead atoms. The highest BCUT2D eigenvalue weighted by atomic mass is 35.5. The number of nitro groups is 2. The monoisotopic (exact) mass is 397 g/mol. The summed E-state index contributed by atoms with van der Waals surface area (Å²) < 4.78 is 1.02. The molecule has 24 heavy (non-hydrogen) atoms. The van der Waals surface area contributed by atoms with Crippen molar-refractivity contribution in [1.29, 1.82) is 0 Å². The second-order valence-corrected chi connectivity index (χ2v) is 5.85. The lowest BCUT2D eigenvalue weighted by Gasteiger charge is -1.85. The Morgan fingerprint density at radius 3 is 1.88 bits per heavy atom. The van der Waals surface area contributed by atoms with E-state index in [9.17, 15) is 20.2 Å². The number of halogens is 2. The smallest absolute Gasteiger partial charge is 0.358 e. The zero-order chi connectivity index (χ0) is 18.9. The van der Waals surface area contributed by atoms with E-state index in [2.05, 4.69) is 32.7 Å². The van der Waals surface area contributed by atoms with Gasteiger partial charge in [0.15, 0.2) is 0 Å². The molecule has 0 fully saturated rings. The van der Waals surface area contributed by atoms with Crippen molar-refractivity contribution in [3.8, 4) is 0 Å². The van der Waals surface area contributed by atoms with Crippen LogP contribution >= 0.6 is 35.8 Å². The third kappa shape index (κ3) is 9.17. The minimum Gasteiger partial charge on any atom is -0.358 e. The van der Waals surface area contributed by atoms with Crippen molar-refractivity contribution >= 4 is 47.3 Å². The molecule has 0 unspecified atom stereocenters. The van der Waals surface area contributed by atoms with Gasteiger partial charge in [0.2, 0.25) is 10.6 Å². The molecule has 2 heterocycles. The molecule has 11 nitrogen and oxygen atoms in total. The number of aryl methyl sites for hydroxylation is 1. The molecule has 2 aromatic rings. The first kappa shape index (κ1) is 21.9. The van der Waals surface area contributed by atoms with Crippen molar-refractivity contribution < 1.29 is 9.85 Å². The Hall–Kier alpha value is -2.05. The van der Waals surface area contributed by atoms with E-state index in [-0.39, 0.29) is 10.6 Å². The van der Waals surface area contributed by atoms with E-state index in [1.54, 1.807) is 0 Å². The van der Waals surface area contributed by atoms with Crippen molar-refractivity contribution in [2.45, 2.75) is 19.1 Å². The Morgan fingerprint density at radius 2 is 1.62 bits per heavy atom. The van der Waals surface area contributed by atoms with Crippen molar-refractivity contribution in [2.24, 2.45) is 7.05 Å². The van der Waals surface area contributed by atoms with Crippen LogP contribution in [0.15, 0.2) is 12.5 Å². The number of hydrogen-bond acceptors (Lipinski definition) is 9. The summed E-state index contributed by atoms with van der Waals surface area (Å²) in [5, 5.41) is 24.4. The summed E-state index contributed by atoms with van der Waals surface area (Å²) >= 11 is 14.6. The average molecular weight is 398 g/mol. The number of hydrogen-bond donors (Lipinski definition) is 1. The van der Waals surface area contributed by atoms with Gasteiger partial charge in [0.05, 0.1) is 17.1 Å². The van der Waals surface area contributed by atoms with Gasteiger partial charge in [-0.25, -0.2) is 9.97 Å². The Labute approximate surface area is 151 Å². The molecular formula is C10H13Cl2N7O4S. The molecule has 0 aliphatic heterocycles. The first-order valence-electron chi connectivity index (χ1n) is 6.05. The maximum atomic E-state index is 10.2. The summed E-state index contributed by atoms with van der Waals surface area (Å²) in [4.78, 5) is 29.1. The van der Waals surface area contributed by atoms with Crippen LogP contribution in [0.2, 0.25) is 10.6 Å². The average Bonchev–Trinajstić information content (AvgIpc) is 2.81. The highest BCUT2D eigenvalue weighted by molar-refractivity contribution is 7.80. The minimum absolute atomic E-state index is 0.116. The summed E-state index contributed by atoms with van der Waals surface area (Å²) in [6.45, 7) is 4.06. The Kier molecular flexibility index (Phi) is 9.76. The highest BCUT2D eigenvalue weighted by Gasteiger charge is 2.29. The number of rotatable bonds is 2. The van der Waals surface area contributed by atoms with Gasteiger partial charge >= 0.3 is 11.5 Å². The Morgan fingerprint density at radius 1 is 1.17 bits per heavy atom. The Bertz CT molecular complexity index is 646. The summed E-state index contributed by atoms with van der Waals surface area (Å²) in [5.41, 5.74) is -0.595. The van der Waals surface area contributed by atoms with E-state index < -0.39 is 21.4 Å². The summed E-state index contributed by atoms with van der Waals surface area (Å²) in [7, 11) is 1.38. The molecule has 0 saturated heterocycles. The highest BCUT2D eigenvalue weighted by Crippen LogP contribution is 2.22. The molecule has 0 radical (unpaired) electrons. The van der Waals surface area contributed by atoms with Crippen LogP contribution in [-0.2, 0) is 7.05 Å². The fourth-order valence-corrected chi connectivity index (χ4v) is 1.27. The van der Waals surface area contributed by atoms with E-state index >= 15 is 0 Å². The quantitative estimate of drug-likeness (QED) is 0.462. The molecule has 0 N–H and O–H groups in total. The van der Waals surface area contributed by atoms with Gasteiger partial charge in [-0.15, -0.1) is 0 Å². The molecule has 0 saturated carbocycles. The molecule has 0 aliphatic carbocycles. The molecule has 0 atom stereocenters. The first-order valence-corrected chi connectivity index (χ1v) is 7.32. The van der Waals surface area contributed by atoms with Crippen LogP contribution in [0, 0.1) is 20.2 Å². The van der Waals surface area contributed by atoms with Crippen LogP contribution in [0.4, 0.5) is 11.5 Å². The van der Waals surface area contributed by atoms with Gasteiger partial charge in [0.25, 0.3) is 0 Å². The van der Waals surface area contributed by atoms with E-state index in [1.165, 1.54) is 13.4 Å². The number of aromatic nitrogens is 5. The van der Waals surface area contributed by atoms with E-state index in [1.807, 2.05) is 13.8 Å². The van der Waals surface area contributed by atoms with Gasteiger partial charge < -0.3 is 10.1 Å². The van der Waals surface area contributed by atoms with Crippen LogP contribution in [0.3, 0.4) is 0 Å². The van der Waals surface area contributed by atoms with Gasteiger partial charge in [-0.2, -0.15) is 22.3 Å². The third-order valence-corrected chi connectivity index (χ3v) is 2.04. The molecule has 0 aliphatic rings. The summed E-state index contributed by atoms with van der Waals surface area (Å²) in [5.74, 6) is -0.734. The normalized spacial score (nSPS) is 9.46. The molecule has 0 spiro atoms. The van der Waals surface area contributed by atoms with Crippen molar-refractivity contribution in [3.05, 3.63) is 43.3 Å². The lowest BCUT2D eigenvalue weighted by molar-refractivity contribution is -0.424. The van der Waals surface area contributed by atoms with Gasteiger partial charge in [-0.05, 0) is 33.4 Å². The van der Waals surface area contributed by atoms with E-state index in [4.69, 9.17) is 23.2 Å². The number of thiol groups is 1. The van der Waals surface area contributed by atoms with Gasteiger partial charge in [-0.3, -0.25) is 10.1 Å².